The van der Waals surface area contributed by atoms with E-state index in [4.69, 9.17) is 9.15 Å². The minimum atomic E-state index is -0.818. The normalized spacial score (nSPS) is 15.8. The van der Waals surface area contributed by atoms with E-state index in [1.54, 1.807) is 42.5 Å². The Morgan fingerprint density at radius 1 is 1.08 bits per heavy atom. The lowest BCUT2D eigenvalue weighted by Gasteiger charge is -2.28. The first-order valence-electron chi connectivity index (χ1n) is 12.1. The second-order valence-corrected chi connectivity index (χ2v) is 8.63. The van der Waals surface area contributed by atoms with Crippen LogP contribution >= 0.6 is 0 Å². The molecule has 0 aliphatic carbocycles. The van der Waals surface area contributed by atoms with Gasteiger partial charge in [0.15, 0.2) is 11.5 Å². The molecule has 0 unspecified atom stereocenters. The number of benzene rings is 2. The molecule has 8 nitrogen and oxygen atoms in total. The van der Waals surface area contributed by atoms with Crippen LogP contribution in [0.4, 0.5) is 0 Å². The molecule has 0 saturated carbocycles. The van der Waals surface area contributed by atoms with Crippen molar-refractivity contribution in [3.05, 3.63) is 82.8 Å². The quantitative estimate of drug-likeness (QED) is 0.329. The van der Waals surface area contributed by atoms with Gasteiger partial charge < -0.3 is 24.1 Å². The summed E-state index contributed by atoms with van der Waals surface area (Å²) >= 11 is 0. The number of hydrogen-bond donors (Lipinski definition) is 1. The van der Waals surface area contributed by atoms with E-state index in [1.807, 2.05) is 12.1 Å². The molecular formula is C28H30N2O6. The molecule has 3 aromatic rings. The highest BCUT2D eigenvalue weighted by atomic mass is 16.5. The van der Waals surface area contributed by atoms with Crippen molar-refractivity contribution in [1.82, 2.24) is 9.80 Å². The molecule has 0 saturated heterocycles. The van der Waals surface area contributed by atoms with Gasteiger partial charge >= 0.3 is 5.97 Å². The largest absolute Gasteiger partial charge is 0.503 e. The molecule has 8 heteroatoms. The van der Waals surface area contributed by atoms with E-state index in [2.05, 4.69) is 18.7 Å². The molecule has 1 atom stereocenters. The number of aliphatic hydroxyl groups excluding tert-OH is 1. The van der Waals surface area contributed by atoms with Gasteiger partial charge in [0.25, 0.3) is 5.91 Å². The van der Waals surface area contributed by atoms with Crippen LogP contribution in [0.5, 0.6) is 0 Å². The second kappa shape index (κ2) is 10.8. The molecule has 36 heavy (non-hydrogen) atoms. The maximum absolute atomic E-state index is 13.6. The summed E-state index contributed by atoms with van der Waals surface area (Å²) in [5.41, 5.74) is 1.45. The Kier molecular flexibility index (Phi) is 7.55. The van der Waals surface area contributed by atoms with E-state index in [-0.39, 0.29) is 11.3 Å². The number of methoxy groups -OCH3 is 1. The second-order valence-electron chi connectivity index (χ2n) is 8.63. The summed E-state index contributed by atoms with van der Waals surface area (Å²) in [7, 11) is 1.30. The van der Waals surface area contributed by atoms with Crippen LogP contribution in [0.3, 0.4) is 0 Å². The van der Waals surface area contributed by atoms with Crippen LogP contribution in [0.1, 0.15) is 52.8 Å². The van der Waals surface area contributed by atoms with E-state index in [1.165, 1.54) is 12.0 Å². The average Bonchev–Trinajstić information content (AvgIpc) is 3.45. The van der Waals surface area contributed by atoms with Crippen molar-refractivity contribution < 1.29 is 28.6 Å². The highest BCUT2D eigenvalue weighted by Crippen LogP contribution is 2.39. The molecule has 0 bridgehead atoms. The third kappa shape index (κ3) is 4.77. The topological polar surface area (TPSA) is 100 Å². The van der Waals surface area contributed by atoms with Crippen molar-refractivity contribution >= 4 is 28.6 Å². The van der Waals surface area contributed by atoms with Crippen molar-refractivity contribution in [2.45, 2.75) is 26.3 Å². The molecule has 2 heterocycles. The lowest BCUT2D eigenvalue weighted by molar-refractivity contribution is -0.129. The standard InChI is InChI=1S/C28H30N2O6/c1-4-29(5-2)15-8-16-30-24(18-11-13-19(14-12-18)28(34)35-3)23(26(32)27(30)33)25(31)22-17-20-9-6-7-10-21(20)36-22/h6-7,9-14,17,24,32H,4-5,8,15-16H2,1-3H3/t24-/m1/s1. The van der Waals surface area contributed by atoms with E-state index < -0.39 is 29.5 Å². The van der Waals surface area contributed by atoms with Crippen LogP contribution in [0.25, 0.3) is 11.0 Å². The monoisotopic (exact) mass is 490 g/mol. The van der Waals surface area contributed by atoms with Crippen molar-refractivity contribution in [2.75, 3.05) is 33.3 Å². The lowest BCUT2D eigenvalue weighted by atomic mass is 9.94. The molecule has 188 valence electrons. The Bertz CT molecular complexity index is 1270. The lowest BCUT2D eigenvalue weighted by Crippen LogP contribution is -2.34. The maximum atomic E-state index is 13.6. The number of ether oxygens (including phenoxy) is 1. The van der Waals surface area contributed by atoms with E-state index >= 15 is 0 Å². The molecule has 1 N–H and O–H groups in total. The summed E-state index contributed by atoms with van der Waals surface area (Å²) in [5, 5.41) is 11.6. The number of rotatable bonds is 10. The number of aliphatic hydroxyl groups is 1. The number of esters is 1. The Labute approximate surface area is 209 Å². The van der Waals surface area contributed by atoms with Gasteiger partial charge in [-0.05, 0) is 55.9 Å². The number of nitrogens with zero attached hydrogens (tertiary/aromatic N) is 2. The third-order valence-corrected chi connectivity index (χ3v) is 6.61. The molecule has 4 rings (SSSR count). The Morgan fingerprint density at radius 2 is 1.78 bits per heavy atom. The van der Waals surface area contributed by atoms with Crippen LogP contribution in [-0.2, 0) is 9.53 Å². The summed E-state index contributed by atoms with van der Waals surface area (Å²) in [6, 6.07) is 14.5. The van der Waals surface area contributed by atoms with Gasteiger partial charge in [0, 0.05) is 11.9 Å². The zero-order valence-electron chi connectivity index (χ0n) is 20.7. The number of hydrogen-bond acceptors (Lipinski definition) is 7. The smallest absolute Gasteiger partial charge is 0.337 e. The molecule has 1 amide bonds. The summed E-state index contributed by atoms with van der Waals surface area (Å²) < 4.78 is 10.5. The molecule has 1 aliphatic rings. The zero-order chi connectivity index (χ0) is 25.8. The predicted molar refractivity (Wildman–Crippen MR) is 135 cm³/mol. The van der Waals surface area contributed by atoms with Crippen molar-refractivity contribution in [2.24, 2.45) is 0 Å². The molecular weight excluding hydrogens is 460 g/mol. The van der Waals surface area contributed by atoms with Gasteiger partial charge in [-0.1, -0.05) is 44.2 Å². The predicted octanol–water partition coefficient (Wildman–Crippen LogP) is 4.53. The van der Waals surface area contributed by atoms with E-state index in [0.717, 1.165) is 25.0 Å². The molecule has 1 aromatic heterocycles. The van der Waals surface area contributed by atoms with Crippen LogP contribution in [0, 0.1) is 0 Å². The Balaban J connectivity index is 1.71. The summed E-state index contributed by atoms with van der Waals surface area (Å²) in [6.07, 6.45) is 0.670. The average molecular weight is 491 g/mol. The summed E-state index contributed by atoms with van der Waals surface area (Å²) in [6.45, 7) is 7.06. The van der Waals surface area contributed by atoms with E-state index in [0.29, 0.717) is 29.7 Å². The number of amides is 1. The van der Waals surface area contributed by atoms with Crippen molar-refractivity contribution in [1.29, 1.82) is 0 Å². The number of carbonyl (C=O) groups is 3. The molecule has 0 spiro atoms. The first-order valence-corrected chi connectivity index (χ1v) is 12.1. The van der Waals surface area contributed by atoms with Gasteiger partial charge in [-0.15, -0.1) is 0 Å². The summed E-state index contributed by atoms with van der Waals surface area (Å²) in [5.74, 6) is -2.17. The van der Waals surface area contributed by atoms with Crippen molar-refractivity contribution in [3.8, 4) is 0 Å². The molecule has 1 aliphatic heterocycles. The first kappa shape index (κ1) is 25.2. The molecule has 2 aromatic carbocycles. The minimum Gasteiger partial charge on any atom is -0.503 e. The van der Waals surface area contributed by atoms with Crippen LogP contribution in [-0.4, -0.2) is 65.9 Å². The first-order chi connectivity index (χ1) is 17.4. The number of fused-ring (bicyclic) bond motifs is 1. The highest BCUT2D eigenvalue weighted by Gasteiger charge is 2.44. The van der Waals surface area contributed by atoms with Crippen molar-refractivity contribution in [3.63, 3.8) is 0 Å². The molecule has 0 radical (unpaired) electrons. The van der Waals surface area contributed by atoms with Gasteiger partial charge in [-0.3, -0.25) is 9.59 Å². The highest BCUT2D eigenvalue weighted by molar-refractivity contribution is 6.16. The zero-order valence-corrected chi connectivity index (χ0v) is 20.7. The fraction of sp³-hybridized carbons (Fsp3) is 0.321. The number of Topliss-reactive ketones (excluding diaryl/α,β-unsaturated/α-hetero) is 1. The number of para-hydroxylation sites is 1. The van der Waals surface area contributed by atoms with Gasteiger partial charge in [0.2, 0.25) is 5.78 Å². The van der Waals surface area contributed by atoms with E-state index in [9.17, 15) is 19.5 Å². The summed E-state index contributed by atoms with van der Waals surface area (Å²) in [4.78, 5) is 42.5. The van der Waals surface area contributed by atoms with Gasteiger partial charge in [-0.25, -0.2) is 4.79 Å². The Hall–Kier alpha value is -3.91. The van der Waals surface area contributed by atoms with Crippen LogP contribution in [0.15, 0.2) is 70.3 Å². The third-order valence-electron chi connectivity index (χ3n) is 6.61. The Morgan fingerprint density at radius 3 is 2.42 bits per heavy atom. The SMILES string of the molecule is CCN(CC)CCCN1C(=O)C(O)=C(C(=O)c2cc3ccccc3o2)[C@H]1c1ccc(C(=O)OC)cc1. The van der Waals surface area contributed by atoms with Crippen LogP contribution < -0.4 is 0 Å². The number of carbonyl (C=O) groups excluding carboxylic acids is 3. The molecule has 0 fully saturated rings. The maximum Gasteiger partial charge on any atom is 0.337 e. The van der Waals surface area contributed by atoms with Gasteiger partial charge in [0.05, 0.1) is 24.3 Å². The minimum absolute atomic E-state index is 0.0345. The number of ketones is 1. The fourth-order valence-electron chi connectivity index (χ4n) is 4.61. The fourth-order valence-corrected chi connectivity index (χ4v) is 4.61. The van der Waals surface area contributed by atoms with Gasteiger partial charge in [0.1, 0.15) is 5.58 Å². The van der Waals surface area contributed by atoms with Gasteiger partial charge in [-0.2, -0.15) is 0 Å². The number of furan rings is 1. The van der Waals surface area contributed by atoms with Crippen LogP contribution in [0.2, 0.25) is 0 Å².